The quantitative estimate of drug-likeness (QED) is 0.824. The topological polar surface area (TPSA) is 29.3 Å². The molecule has 110 valence electrons. The Labute approximate surface area is 135 Å². The molecule has 21 heavy (non-hydrogen) atoms. The molecule has 0 amide bonds. The van der Waals surface area contributed by atoms with Crippen molar-refractivity contribution in [2.45, 2.75) is 6.54 Å². The van der Waals surface area contributed by atoms with Gasteiger partial charge in [-0.3, -0.25) is 0 Å². The van der Waals surface area contributed by atoms with Crippen molar-refractivity contribution >= 4 is 38.8 Å². The predicted molar refractivity (Wildman–Crippen MR) is 88.5 cm³/mol. The number of rotatable bonds is 4. The number of benzene rings is 2. The lowest BCUT2D eigenvalue weighted by atomic mass is 10.1. The molecule has 0 spiro atoms. The molecule has 0 heterocycles. The number of nitrogens with zero attached hydrogens (tertiary/aromatic N) is 1. The highest BCUT2D eigenvalue weighted by Crippen LogP contribution is 2.25. The number of nitrogens with two attached hydrogens (primary N) is 1. The summed E-state index contributed by atoms with van der Waals surface area (Å²) in [6.07, 6.45) is 0. The highest BCUT2D eigenvalue weighted by atomic mass is 79.9. The summed E-state index contributed by atoms with van der Waals surface area (Å²) in [5.41, 5.74) is 6.42. The van der Waals surface area contributed by atoms with E-state index < -0.39 is 11.6 Å². The van der Waals surface area contributed by atoms with Gasteiger partial charge in [0.25, 0.3) is 0 Å². The van der Waals surface area contributed by atoms with Crippen LogP contribution >= 0.6 is 28.1 Å². The molecule has 6 heteroatoms. The summed E-state index contributed by atoms with van der Waals surface area (Å²) in [6.45, 7) is 0.382. The first-order valence-electron chi connectivity index (χ1n) is 6.13. The van der Waals surface area contributed by atoms with Crippen molar-refractivity contribution in [3.63, 3.8) is 0 Å². The normalized spacial score (nSPS) is 10.5. The van der Waals surface area contributed by atoms with E-state index in [1.807, 2.05) is 24.3 Å². The van der Waals surface area contributed by atoms with Crippen LogP contribution in [0.5, 0.6) is 0 Å². The number of halogens is 3. The molecule has 2 N–H and O–H groups in total. The summed E-state index contributed by atoms with van der Waals surface area (Å²) in [7, 11) is 1.63. The largest absolute Gasteiger partial charge is 0.389 e. The van der Waals surface area contributed by atoms with Gasteiger partial charge in [0.15, 0.2) is 0 Å². The Morgan fingerprint density at radius 2 is 1.71 bits per heavy atom. The molecule has 0 aliphatic rings. The SMILES string of the molecule is CN(Cc1ccc(Br)cc1)c1c(F)cc(C(N)=S)cc1F. The summed E-state index contributed by atoms with van der Waals surface area (Å²) in [5, 5.41) is 0. The predicted octanol–water partition coefficient (Wildman–Crippen LogP) is 4.00. The van der Waals surface area contributed by atoms with E-state index >= 15 is 0 Å². The van der Waals surface area contributed by atoms with Crippen LogP contribution in [0.15, 0.2) is 40.9 Å². The molecule has 0 saturated carbocycles. The Bertz CT molecular complexity index is 651. The molecule has 0 fully saturated rings. The van der Waals surface area contributed by atoms with Crippen LogP contribution in [-0.4, -0.2) is 12.0 Å². The van der Waals surface area contributed by atoms with Gasteiger partial charge < -0.3 is 10.6 Å². The summed E-state index contributed by atoms with van der Waals surface area (Å²) in [6, 6.07) is 9.84. The Hall–Kier alpha value is -1.53. The number of anilines is 1. The van der Waals surface area contributed by atoms with E-state index in [1.54, 1.807) is 7.05 Å². The fourth-order valence-corrected chi connectivity index (χ4v) is 2.40. The van der Waals surface area contributed by atoms with Gasteiger partial charge in [0.1, 0.15) is 22.3 Å². The van der Waals surface area contributed by atoms with Gasteiger partial charge >= 0.3 is 0 Å². The molecule has 2 rings (SSSR count). The minimum absolute atomic E-state index is 0.0325. The zero-order chi connectivity index (χ0) is 15.6. The zero-order valence-electron chi connectivity index (χ0n) is 11.2. The van der Waals surface area contributed by atoms with E-state index in [0.717, 1.165) is 22.2 Å². The van der Waals surface area contributed by atoms with E-state index in [-0.39, 0.29) is 16.2 Å². The average molecular weight is 371 g/mol. The highest BCUT2D eigenvalue weighted by molar-refractivity contribution is 9.10. The van der Waals surface area contributed by atoms with Crippen LogP contribution in [0.2, 0.25) is 0 Å². The van der Waals surface area contributed by atoms with Crippen molar-refractivity contribution in [2.75, 3.05) is 11.9 Å². The summed E-state index contributed by atoms with van der Waals surface area (Å²) in [4.78, 5) is 1.48. The van der Waals surface area contributed by atoms with Crippen molar-refractivity contribution in [1.29, 1.82) is 0 Å². The molecule has 2 nitrogen and oxygen atoms in total. The van der Waals surface area contributed by atoms with Gasteiger partial charge in [-0.25, -0.2) is 8.78 Å². The molecule has 0 saturated heterocycles. The van der Waals surface area contributed by atoms with Gasteiger partial charge in [-0.05, 0) is 29.8 Å². The fraction of sp³-hybridized carbons (Fsp3) is 0.133. The maximum Gasteiger partial charge on any atom is 0.150 e. The molecular formula is C15H13BrF2N2S. The van der Waals surface area contributed by atoms with Gasteiger partial charge in [0.05, 0.1) is 0 Å². The van der Waals surface area contributed by atoms with Gasteiger partial charge in [-0.2, -0.15) is 0 Å². The third kappa shape index (κ3) is 3.77. The lowest BCUT2D eigenvalue weighted by Gasteiger charge is -2.21. The minimum atomic E-state index is -0.683. The molecule has 0 aliphatic heterocycles. The molecule has 2 aromatic carbocycles. The minimum Gasteiger partial charge on any atom is -0.389 e. The second-order valence-electron chi connectivity index (χ2n) is 4.64. The molecule has 0 aromatic heterocycles. The molecule has 0 aliphatic carbocycles. The lowest BCUT2D eigenvalue weighted by molar-refractivity contribution is 0.576. The number of hydrogen-bond donors (Lipinski definition) is 1. The molecule has 0 bridgehead atoms. The third-order valence-corrected chi connectivity index (χ3v) is 3.78. The monoisotopic (exact) mass is 370 g/mol. The van der Waals surface area contributed by atoms with Crippen LogP contribution < -0.4 is 10.6 Å². The Morgan fingerprint density at radius 1 is 1.19 bits per heavy atom. The Kier molecular flexibility index (Phi) is 4.90. The average Bonchev–Trinajstić information content (AvgIpc) is 2.40. The number of hydrogen-bond acceptors (Lipinski definition) is 2. The summed E-state index contributed by atoms with van der Waals surface area (Å²) >= 11 is 8.08. The van der Waals surface area contributed by atoms with Crippen molar-refractivity contribution in [3.8, 4) is 0 Å². The number of thiocarbonyl (C=S) groups is 1. The van der Waals surface area contributed by atoms with Gasteiger partial charge in [0, 0.05) is 23.6 Å². The molecular weight excluding hydrogens is 358 g/mol. The third-order valence-electron chi connectivity index (χ3n) is 3.02. The first-order chi connectivity index (χ1) is 9.88. The van der Waals surface area contributed by atoms with Crippen LogP contribution in [0.4, 0.5) is 14.5 Å². The maximum absolute atomic E-state index is 14.1. The summed E-state index contributed by atoms with van der Waals surface area (Å²) < 4.78 is 29.1. The van der Waals surface area contributed by atoms with Crippen LogP contribution in [-0.2, 0) is 6.54 Å². The second-order valence-corrected chi connectivity index (χ2v) is 5.99. The van der Waals surface area contributed by atoms with Crippen molar-refractivity contribution < 1.29 is 8.78 Å². The maximum atomic E-state index is 14.1. The molecule has 0 radical (unpaired) electrons. The lowest BCUT2D eigenvalue weighted by Crippen LogP contribution is -2.20. The van der Waals surface area contributed by atoms with Crippen LogP contribution in [0.25, 0.3) is 0 Å². The van der Waals surface area contributed by atoms with Crippen LogP contribution in [0.3, 0.4) is 0 Å². The van der Waals surface area contributed by atoms with E-state index in [0.29, 0.717) is 6.54 Å². The fourth-order valence-electron chi connectivity index (χ4n) is 2.02. The van der Waals surface area contributed by atoms with Crippen molar-refractivity contribution in [3.05, 3.63) is 63.6 Å². The molecule has 2 aromatic rings. The standard InChI is InChI=1S/C15H13BrF2N2S/c1-20(8-9-2-4-11(16)5-3-9)14-12(17)6-10(15(19)21)7-13(14)18/h2-7H,8H2,1H3,(H2,19,21). The zero-order valence-corrected chi connectivity index (χ0v) is 13.6. The van der Waals surface area contributed by atoms with Crippen molar-refractivity contribution in [1.82, 2.24) is 0 Å². The van der Waals surface area contributed by atoms with E-state index in [2.05, 4.69) is 15.9 Å². The van der Waals surface area contributed by atoms with Gasteiger partial charge in [-0.15, -0.1) is 0 Å². The van der Waals surface area contributed by atoms with Gasteiger partial charge in [-0.1, -0.05) is 40.3 Å². The molecule has 0 unspecified atom stereocenters. The highest BCUT2D eigenvalue weighted by Gasteiger charge is 2.16. The van der Waals surface area contributed by atoms with Crippen LogP contribution in [0.1, 0.15) is 11.1 Å². The van der Waals surface area contributed by atoms with E-state index in [1.165, 1.54) is 4.90 Å². The second kappa shape index (κ2) is 6.49. The smallest absolute Gasteiger partial charge is 0.150 e. The van der Waals surface area contributed by atoms with Gasteiger partial charge in [0.2, 0.25) is 0 Å². The van der Waals surface area contributed by atoms with Crippen molar-refractivity contribution in [2.24, 2.45) is 5.73 Å². The first-order valence-corrected chi connectivity index (χ1v) is 7.33. The Morgan fingerprint density at radius 3 is 2.19 bits per heavy atom. The van der Waals surface area contributed by atoms with Crippen LogP contribution in [0, 0.1) is 11.6 Å². The van der Waals surface area contributed by atoms with E-state index in [9.17, 15) is 8.78 Å². The first kappa shape index (κ1) is 15.9. The van der Waals surface area contributed by atoms with E-state index in [4.69, 9.17) is 18.0 Å². The Balaban J connectivity index is 2.28. The molecule has 0 atom stereocenters. The summed E-state index contributed by atoms with van der Waals surface area (Å²) in [5.74, 6) is -1.37.